The van der Waals surface area contributed by atoms with Crippen molar-refractivity contribution < 1.29 is 22.7 Å². The van der Waals surface area contributed by atoms with Gasteiger partial charge in [-0.05, 0) is 93.7 Å². The number of carbonyl (C=O) groups excluding carboxylic acids is 2. The Balaban J connectivity index is 2.04. The van der Waals surface area contributed by atoms with E-state index in [4.69, 9.17) is 27.7 Å². The first-order valence-electron chi connectivity index (χ1n) is 13.9. The monoisotopic (exact) mass is 601 g/mol. The molecule has 1 aliphatic heterocycles. The highest BCUT2D eigenvalue weighted by Crippen LogP contribution is 2.43. The molecule has 1 heterocycles. The number of benzene rings is 2. The first-order valence-corrected chi connectivity index (χ1v) is 15.3. The second kappa shape index (κ2) is 13.0. The summed E-state index contributed by atoms with van der Waals surface area (Å²) in [5, 5.41) is 2.51. The molecule has 1 aliphatic rings. The Bertz CT molecular complexity index is 1470. The van der Waals surface area contributed by atoms with E-state index in [9.17, 15) is 18.0 Å². The number of hydrogen-bond donors (Lipinski definition) is 5. The van der Waals surface area contributed by atoms with Crippen molar-refractivity contribution in [2.45, 2.75) is 89.9 Å². The van der Waals surface area contributed by atoms with E-state index >= 15 is 0 Å². The minimum atomic E-state index is -4.36. The number of primary amides is 1. The van der Waals surface area contributed by atoms with Gasteiger partial charge in [0.15, 0.2) is 5.96 Å². The van der Waals surface area contributed by atoms with Crippen molar-refractivity contribution >= 4 is 27.9 Å². The van der Waals surface area contributed by atoms with Crippen molar-refractivity contribution in [1.82, 2.24) is 9.62 Å². The molecule has 0 aliphatic carbocycles. The quantitative estimate of drug-likeness (QED) is 0.146. The van der Waals surface area contributed by atoms with Gasteiger partial charge >= 0.3 is 6.03 Å². The van der Waals surface area contributed by atoms with Crippen LogP contribution < -0.4 is 33.0 Å². The summed E-state index contributed by atoms with van der Waals surface area (Å²) < 4.78 is 36.0. The molecule has 12 nitrogen and oxygen atoms in total. The van der Waals surface area contributed by atoms with Crippen LogP contribution in [0.4, 0.5) is 4.79 Å². The minimum Gasteiger partial charge on any atom is -0.487 e. The van der Waals surface area contributed by atoms with Gasteiger partial charge < -0.3 is 33.0 Å². The third kappa shape index (κ3) is 7.51. The first kappa shape index (κ1) is 32.7. The van der Waals surface area contributed by atoms with Crippen LogP contribution >= 0.6 is 0 Å². The van der Waals surface area contributed by atoms with Crippen LogP contribution in [0.15, 0.2) is 34.2 Å². The summed E-state index contributed by atoms with van der Waals surface area (Å²) >= 11 is 0. The number of urea groups is 1. The average Bonchev–Trinajstić information content (AvgIpc) is 2.91. The summed E-state index contributed by atoms with van der Waals surface area (Å²) in [6, 6.07) is 5.10. The van der Waals surface area contributed by atoms with Gasteiger partial charge in [0.1, 0.15) is 11.4 Å². The molecule has 0 saturated carbocycles. The van der Waals surface area contributed by atoms with Crippen LogP contribution in [0.3, 0.4) is 0 Å². The smallest absolute Gasteiger partial charge is 0.312 e. The molecule has 0 unspecified atom stereocenters. The maximum atomic E-state index is 14.4. The molecule has 3 amide bonds. The van der Waals surface area contributed by atoms with Crippen LogP contribution in [0, 0.1) is 20.8 Å². The van der Waals surface area contributed by atoms with Gasteiger partial charge in [0, 0.05) is 13.1 Å². The predicted octanol–water partition coefficient (Wildman–Crippen LogP) is 1.98. The molecule has 42 heavy (non-hydrogen) atoms. The van der Waals surface area contributed by atoms with E-state index in [1.807, 2.05) is 20.8 Å². The SMILES string of the molecule is Cc1c(C)c(S(=O)(=O)N(Cc2ccc(CNC(N)=O)cc2)C(=O)[C@H](N)CCCN=C(N)N)c(C)c2c1OC(C)(C)CC2. The van der Waals surface area contributed by atoms with Crippen LogP contribution in [0.5, 0.6) is 5.75 Å². The second-order valence-corrected chi connectivity index (χ2v) is 13.1. The van der Waals surface area contributed by atoms with Gasteiger partial charge in [-0.1, -0.05) is 24.3 Å². The molecule has 1 atom stereocenters. The number of guanidine groups is 1. The lowest BCUT2D eigenvalue weighted by molar-refractivity contribution is -0.128. The topological polar surface area (TPSA) is 209 Å². The lowest BCUT2D eigenvalue weighted by atomic mass is 9.88. The Morgan fingerprint density at radius 3 is 2.26 bits per heavy atom. The van der Waals surface area contributed by atoms with Gasteiger partial charge in [0.2, 0.25) is 0 Å². The minimum absolute atomic E-state index is 0.0744. The zero-order valence-electron chi connectivity index (χ0n) is 25.0. The van der Waals surface area contributed by atoms with E-state index in [-0.39, 0.29) is 42.5 Å². The third-order valence-corrected chi connectivity index (χ3v) is 9.58. The van der Waals surface area contributed by atoms with Gasteiger partial charge in [-0.3, -0.25) is 9.79 Å². The number of aliphatic imine (C=N–C) groups is 1. The molecular formula is C29H43N7O5S. The number of hydrogen-bond acceptors (Lipinski definition) is 7. The molecule has 13 heteroatoms. The third-order valence-electron chi connectivity index (χ3n) is 7.56. The van der Waals surface area contributed by atoms with Gasteiger partial charge in [0.05, 0.1) is 17.5 Å². The second-order valence-electron chi connectivity index (χ2n) is 11.3. The molecular weight excluding hydrogens is 558 g/mol. The molecule has 0 saturated heterocycles. The van der Waals surface area contributed by atoms with Crippen LogP contribution in [0.1, 0.15) is 66.5 Å². The molecule has 0 spiro atoms. The summed E-state index contributed by atoms with van der Waals surface area (Å²) in [5.74, 6) is -0.102. The summed E-state index contributed by atoms with van der Waals surface area (Å²) in [6.45, 7) is 9.60. The van der Waals surface area contributed by atoms with Crippen molar-refractivity contribution in [3.05, 3.63) is 57.6 Å². The van der Waals surface area contributed by atoms with Gasteiger partial charge in [-0.2, -0.15) is 0 Å². The Morgan fingerprint density at radius 2 is 1.67 bits per heavy atom. The van der Waals surface area contributed by atoms with Crippen molar-refractivity contribution in [3.8, 4) is 5.75 Å². The summed E-state index contributed by atoms with van der Waals surface area (Å²) in [6.07, 6.45) is 1.95. The molecule has 0 bridgehead atoms. The molecule has 0 fully saturated rings. The molecule has 3 rings (SSSR count). The highest BCUT2D eigenvalue weighted by molar-refractivity contribution is 7.89. The van der Waals surface area contributed by atoms with E-state index < -0.39 is 28.0 Å². The number of sulfonamides is 1. The highest BCUT2D eigenvalue weighted by Gasteiger charge is 2.38. The average molecular weight is 602 g/mol. The molecule has 2 aromatic rings. The van der Waals surface area contributed by atoms with Crippen LogP contribution in [-0.4, -0.2) is 48.8 Å². The molecule has 230 valence electrons. The predicted molar refractivity (Wildman–Crippen MR) is 162 cm³/mol. The van der Waals surface area contributed by atoms with E-state index in [1.165, 1.54) is 0 Å². The Hall–Kier alpha value is -3.84. The maximum absolute atomic E-state index is 14.4. The normalized spacial score (nSPS) is 14.7. The van der Waals surface area contributed by atoms with E-state index in [1.54, 1.807) is 38.1 Å². The number of nitrogens with zero attached hydrogens (tertiary/aromatic N) is 2. The van der Waals surface area contributed by atoms with Crippen molar-refractivity contribution in [2.75, 3.05) is 6.54 Å². The summed E-state index contributed by atoms with van der Waals surface area (Å²) in [5.41, 5.74) is 25.8. The molecule has 2 aromatic carbocycles. The zero-order valence-corrected chi connectivity index (χ0v) is 25.8. The maximum Gasteiger partial charge on any atom is 0.312 e. The number of carbonyl (C=O) groups is 2. The highest BCUT2D eigenvalue weighted by atomic mass is 32.2. The first-order chi connectivity index (χ1) is 19.5. The van der Waals surface area contributed by atoms with E-state index in [0.717, 1.165) is 27.4 Å². The molecule has 9 N–H and O–H groups in total. The number of nitrogens with two attached hydrogens (primary N) is 4. The van der Waals surface area contributed by atoms with Crippen molar-refractivity contribution in [1.29, 1.82) is 0 Å². The summed E-state index contributed by atoms with van der Waals surface area (Å²) in [4.78, 5) is 28.8. The van der Waals surface area contributed by atoms with Crippen LogP contribution in [-0.2, 0) is 34.3 Å². The molecule has 0 radical (unpaired) electrons. The van der Waals surface area contributed by atoms with Crippen LogP contribution in [0.25, 0.3) is 0 Å². The zero-order chi connectivity index (χ0) is 31.4. The van der Waals surface area contributed by atoms with E-state index in [0.29, 0.717) is 35.3 Å². The van der Waals surface area contributed by atoms with Gasteiger partial charge in [-0.15, -0.1) is 0 Å². The van der Waals surface area contributed by atoms with Crippen molar-refractivity contribution in [2.24, 2.45) is 27.9 Å². The summed E-state index contributed by atoms with van der Waals surface area (Å²) in [7, 11) is -4.36. The lowest BCUT2D eigenvalue weighted by Crippen LogP contribution is -2.46. The van der Waals surface area contributed by atoms with Gasteiger partial charge in [0.25, 0.3) is 15.9 Å². The van der Waals surface area contributed by atoms with E-state index in [2.05, 4.69) is 10.3 Å². The standard InChI is InChI=1S/C29H43N7O5S/c1-17-18(2)25(19(3)22-12-13-29(4,5)41-24(17)22)42(39,40)36(26(37)23(30)7-6-14-34-27(31)32)16-21-10-8-20(9-11-21)15-35-28(33)38/h8-11,23H,6-7,12-16,30H2,1-5H3,(H4,31,32,34)(H3,33,35,38)/t23-/m1/s1. The number of fused-ring (bicyclic) bond motifs is 1. The Labute approximate surface area is 247 Å². The Kier molecular flexibility index (Phi) is 10.1. The molecule has 0 aromatic heterocycles. The number of rotatable bonds is 11. The number of amides is 3. The fourth-order valence-corrected chi connectivity index (χ4v) is 7.03. The number of ether oxygens (including phenoxy) is 1. The lowest BCUT2D eigenvalue weighted by Gasteiger charge is -2.36. The van der Waals surface area contributed by atoms with Gasteiger partial charge in [-0.25, -0.2) is 17.5 Å². The fourth-order valence-electron chi connectivity index (χ4n) is 5.07. The van der Waals surface area contributed by atoms with Crippen molar-refractivity contribution in [3.63, 3.8) is 0 Å². The largest absolute Gasteiger partial charge is 0.487 e. The fraction of sp³-hybridized carbons (Fsp3) is 0.483. The van der Waals surface area contributed by atoms with Crippen LogP contribution in [0.2, 0.25) is 0 Å². The Morgan fingerprint density at radius 1 is 1.05 bits per heavy atom. The number of nitrogens with one attached hydrogen (secondary N) is 1.